The third kappa shape index (κ3) is 5.11. The standard InChI is InChI=1S/C21H26N2O4S/c1-16-6-8-17(9-7-16)15-28(25,26)23-12-10-18(11-13-23)21(24)22-19-4-3-5-20(14-19)27-2/h3-9,14,18H,10-13,15H2,1-2H3,(H,22,24). The highest BCUT2D eigenvalue weighted by atomic mass is 32.2. The fourth-order valence-electron chi connectivity index (χ4n) is 3.33. The van der Waals surface area contributed by atoms with Crippen LogP contribution in [-0.4, -0.2) is 38.8 Å². The summed E-state index contributed by atoms with van der Waals surface area (Å²) in [6.07, 6.45) is 1.03. The zero-order chi connectivity index (χ0) is 20.1. The second kappa shape index (κ2) is 8.75. The maximum absolute atomic E-state index is 12.7. The number of anilines is 1. The summed E-state index contributed by atoms with van der Waals surface area (Å²) in [4.78, 5) is 12.5. The van der Waals surface area contributed by atoms with E-state index in [1.165, 1.54) is 4.31 Å². The van der Waals surface area contributed by atoms with Crippen LogP contribution in [0.5, 0.6) is 5.75 Å². The SMILES string of the molecule is COc1cccc(NC(=O)C2CCN(S(=O)(=O)Cc3ccc(C)cc3)CC2)c1. The normalized spacial score (nSPS) is 15.9. The first kappa shape index (κ1) is 20.4. The minimum absolute atomic E-state index is 0.00600. The summed E-state index contributed by atoms with van der Waals surface area (Å²) in [6.45, 7) is 2.70. The van der Waals surface area contributed by atoms with Crippen LogP contribution in [0.3, 0.4) is 0 Å². The quantitative estimate of drug-likeness (QED) is 0.805. The van der Waals surface area contributed by atoms with E-state index in [2.05, 4.69) is 5.32 Å². The van der Waals surface area contributed by atoms with Gasteiger partial charge in [0, 0.05) is 30.8 Å². The zero-order valence-corrected chi connectivity index (χ0v) is 17.0. The first-order chi connectivity index (χ1) is 13.4. The van der Waals surface area contributed by atoms with E-state index in [4.69, 9.17) is 4.74 Å². The monoisotopic (exact) mass is 402 g/mol. The molecule has 2 aromatic carbocycles. The Balaban J connectivity index is 1.55. The topological polar surface area (TPSA) is 75.7 Å². The molecule has 0 unspecified atom stereocenters. The summed E-state index contributed by atoms with van der Waals surface area (Å²) in [5.74, 6) is 0.393. The van der Waals surface area contributed by atoms with E-state index in [1.54, 1.807) is 13.2 Å². The van der Waals surface area contributed by atoms with Gasteiger partial charge in [0.2, 0.25) is 15.9 Å². The van der Waals surface area contributed by atoms with Crippen molar-refractivity contribution in [3.05, 3.63) is 59.7 Å². The van der Waals surface area contributed by atoms with Crippen molar-refractivity contribution in [2.45, 2.75) is 25.5 Å². The van der Waals surface area contributed by atoms with E-state index in [1.807, 2.05) is 49.4 Å². The Morgan fingerprint density at radius 3 is 2.46 bits per heavy atom. The van der Waals surface area contributed by atoms with Gasteiger partial charge in [-0.05, 0) is 37.5 Å². The molecular formula is C21H26N2O4S. The van der Waals surface area contributed by atoms with Crippen LogP contribution in [0.25, 0.3) is 0 Å². The lowest BCUT2D eigenvalue weighted by atomic mass is 9.97. The average Bonchev–Trinajstić information content (AvgIpc) is 2.70. The Morgan fingerprint density at radius 2 is 1.82 bits per heavy atom. The van der Waals surface area contributed by atoms with Gasteiger partial charge in [0.15, 0.2) is 0 Å². The maximum atomic E-state index is 12.7. The first-order valence-corrected chi connectivity index (χ1v) is 11.0. The molecule has 1 aliphatic rings. The molecule has 0 saturated carbocycles. The molecule has 0 spiro atoms. The third-order valence-corrected chi connectivity index (χ3v) is 6.88. The fraction of sp³-hybridized carbons (Fsp3) is 0.381. The summed E-state index contributed by atoms with van der Waals surface area (Å²) in [5, 5.41) is 2.90. The van der Waals surface area contributed by atoms with Gasteiger partial charge >= 0.3 is 0 Å². The molecule has 1 N–H and O–H groups in total. The van der Waals surface area contributed by atoms with Crippen molar-refractivity contribution in [3.8, 4) is 5.75 Å². The smallest absolute Gasteiger partial charge is 0.227 e. The van der Waals surface area contributed by atoms with E-state index in [0.717, 1.165) is 11.1 Å². The molecule has 1 amide bonds. The van der Waals surface area contributed by atoms with Crippen molar-refractivity contribution in [2.75, 3.05) is 25.5 Å². The Kier molecular flexibility index (Phi) is 6.36. The van der Waals surface area contributed by atoms with Crippen molar-refractivity contribution in [1.29, 1.82) is 0 Å². The predicted octanol–water partition coefficient (Wildman–Crippen LogP) is 3.18. The number of piperidine rings is 1. The van der Waals surface area contributed by atoms with E-state index in [-0.39, 0.29) is 17.6 Å². The number of hydrogen-bond donors (Lipinski definition) is 1. The highest BCUT2D eigenvalue weighted by Crippen LogP contribution is 2.24. The molecule has 0 atom stereocenters. The summed E-state index contributed by atoms with van der Waals surface area (Å²) in [5.41, 5.74) is 2.56. The number of ether oxygens (including phenoxy) is 1. The average molecular weight is 403 g/mol. The number of carbonyl (C=O) groups is 1. The van der Waals surface area contributed by atoms with Gasteiger partial charge in [-0.25, -0.2) is 12.7 Å². The molecular weight excluding hydrogens is 376 g/mol. The van der Waals surface area contributed by atoms with Crippen LogP contribution in [-0.2, 0) is 20.6 Å². The lowest BCUT2D eigenvalue weighted by molar-refractivity contribution is -0.120. The number of amides is 1. The zero-order valence-electron chi connectivity index (χ0n) is 16.2. The number of carbonyl (C=O) groups excluding carboxylic acids is 1. The molecule has 0 radical (unpaired) electrons. The van der Waals surface area contributed by atoms with Gasteiger partial charge in [0.05, 0.1) is 12.9 Å². The number of hydrogen-bond acceptors (Lipinski definition) is 4. The Morgan fingerprint density at radius 1 is 1.14 bits per heavy atom. The van der Waals surface area contributed by atoms with Gasteiger partial charge in [-0.3, -0.25) is 4.79 Å². The molecule has 1 heterocycles. The molecule has 150 valence electrons. The lowest BCUT2D eigenvalue weighted by Gasteiger charge is -2.30. The molecule has 0 bridgehead atoms. The number of rotatable bonds is 6. The van der Waals surface area contributed by atoms with Gasteiger partial charge in [0.25, 0.3) is 0 Å². The van der Waals surface area contributed by atoms with Gasteiger partial charge in [-0.1, -0.05) is 35.9 Å². The number of methoxy groups -OCH3 is 1. The van der Waals surface area contributed by atoms with Crippen molar-refractivity contribution in [2.24, 2.45) is 5.92 Å². The van der Waals surface area contributed by atoms with Gasteiger partial charge in [0.1, 0.15) is 5.75 Å². The molecule has 28 heavy (non-hydrogen) atoms. The highest BCUT2D eigenvalue weighted by Gasteiger charge is 2.31. The molecule has 3 rings (SSSR count). The number of sulfonamides is 1. The summed E-state index contributed by atoms with van der Waals surface area (Å²) < 4.78 is 32.0. The van der Waals surface area contributed by atoms with Crippen molar-refractivity contribution in [3.63, 3.8) is 0 Å². The first-order valence-electron chi connectivity index (χ1n) is 9.35. The van der Waals surface area contributed by atoms with Crippen LogP contribution in [0.2, 0.25) is 0 Å². The summed E-state index contributed by atoms with van der Waals surface area (Å²) in [7, 11) is -1.80. The van der Waals surface area contributed by atoms with E-state index in [0.29, 0.717) is 37.4 Å². The van der Waals surface area contributed by atoms with E-state index in [9.17, 15) is 13.2 Å². The Hall–Kier alpha value is -2.38. The largest absolute Gasteiger partial charge is 0.497 e. The van der Waals surface area contributed by atoms with Crippen molar-refractivity contribution in [1.82, 2.24) is 4.31 Å². The second-order valence-corrected chi connectivity index (χ2v) is 9.11. The number of aryl methyl sites for hydroxylation is 1. The number of nitrogens with zero attached hydrogens (tertiary/aromatic N) is 1. The Labute approximate surface area is 166 Å². The minimum Gasteiger partial charge on any atom is -0.497 e. The van der Waals surface area contributed by atoms with Crippen molar-refractivity contribution >= 4 is 21.6 Å². The second-order valence-electron chi connectivity index (χ2n) is 7.14. The van der Waals surface area contributed by atoms with E-state index >= 15 is 0 Å². The van der Waals surface area contributed by atoms with Crippen LogP contribution in [0.15, 0.2) is 48.5 Å². The Bertz CT molecular complexity index is 918. The molecule has 2 aromatic rings. The summed E-state index contributed by atoms with van der Waals surface area (Å²) in [6, 6.07) is 14.7. The molecule has 1 aliphatic heterocycles. The molecule has 0 aliphatic carbocycles. The molecule has 1 fully saturated rings. The van der Waals surface area contributed by atoms with Crippen LogP contribution >= 0.6 is 0 Å². The third-order valence-electron chi connectivity index (χ3n) is 5.03. The summed E-state index contributed by atoms with van der Waals surface area (Å²) >= 11 is 0. The van der Waals surface area contributed by atoms with Crippen LogP contribution in [0.1, 0.15) is 24.0 Å². The molecule has 1 saturated heterocycles. The highest BCUT2D eigenvalue weighted by molar-refractivity contribution is 7.88. The lowest BCUT2D eigenvalue weighted by Crippen LogP contribution is -2.41. The predicted molar refractivity (Wildman–Crippen MR) is 110 cm³/mol. The number of benzene rings is 2. The minimum atomic E-state index is -3.38. The van der Waals surface area contributed by atoms with Gasteiger partial charge in [-0.15, -0.1) is 0 Å². The molecule has 6 nitrogen and oxygen atoms in total. The van der Waals surface area contributed by atoms with Crippen molar-refractivity contribution < 1.29 is 17.9 Å². The molecule has 7 heteroatoms. The van der Waals surface area contributed by atoms with Crippen LogP contribution in [0, 0.1) is 12.8 Å². The van der Waals surface area contributed by atoms with Gasteiger partial charge in [-0.2, -0.15) is 0 Å². The van der Waals surface area contributed by atoms with Crippen LogP contribution < -0.4 is 10.1 Å². The van der Waals surface area contributed by atoms with E-state index < -0.39 is 10.0 Å². The molecule has 0 aromatic heterocycles. The van der Waals surface area contributed by atoms with Gasteiger partial charge < -0.3 is 10.1 Å². The number of nitrogens with one attached hydrogen (secondary N) is 1. The van der Waals surface area contributed by atoms with Crippen LogP contribution in [0.4, 0.5) is 5.69 Å². The maximum Gasteiger partial charge on any atom is 0.227 e. The fourth-order valence-corrected chi connectivity index (χ4v) is 4.89.